The van der Waals surface area contributed by atoms with Crippen molar-refractivity contribution in [3.8, 4) is 5.75 Å². The van der Waals surface area contributed by atoms with E-state index in [0.717, 1.165) is 11.1 Å². The zero-order chi connectivity index (χ0) is 23.4. The summed E-state index contributed by atoms with van der Waals surface area (Å²) in [5.41, 5.74) is 2.61. The minimum absolute atomic E-state index is 0.196. The average Bonchev–Trinajstić information content (AvgIpc) is 2.81. The normalized spacial score (nSPS) is 11.0. The molecule has 0 aliphatic heterocycles. The molecule has 3 aromatic carbocycles. The van der Waals surface area contributed by atoms with Gasteiger partial charge in [-0.15, -0.1) is 0 Å². The Labute approximate surface area is 192 Å². The second-order valence-corrected chi connectivity index (χ2v) is 8.50. The molecule has 6 nitrogen and oxygen atoms in total. The van der Waals surface area contributed by atoms with E-state index in [0.29, 0.717) is 35.4 Å². The van der Waals surface area contributed by atoms with Crippen LogP contribution in [-0.4, -0.2) is 15.7 Å². The van der Waals surface area contributed by atoms with Crippen molar-refractivity contribution in [2.75, 3.05) is 5.32 Å². The standard InChI is InChI=1S/C27H27N3O3/c1-18(2)16-30-27(32)22-12-8-7-11-21(22)25(29-30)26(31)28-23-14-13-19(3)15-24(23)33-17-20-9-5-4-6-10-20/h4-15,18H,16-17H2,1-3H3,(H,28,31). The number of nitrogens with zero attached hydrogens (tertiary/aromatic N) is 2. The number of hydrogen-bond donors (Lipinski definition) is 1. The van der Waals surface area contributed by atoms with Crippen molar-refractivity contribution in [2.24, 2.45) is 5.92 Å². The first-order valence-corrected chi connectivity index (χ1v) is 11.0. The number of aromatic nitrogens is 2. The van der Waals surface area contributed by atoms with Crippen LogP contribution >= 0.6 is 0 Å². The Morgan fingerprint density at radius 1 is 1.00 bits per heavy atom. The molecule has 0 fully saturated rings. The number of hydrogen-bond acceptors (Lipinski definition) is 4. The van der Waals surface area contributed by atoms with E-state index in [2.05, 4.69) is 10.4 Å². The third-order valence-electron chi connectivity index (χ3n) is 5.24. The maximum atomic E-state index is 13.3. The summed E-state index contributed by atoms with van der Waals surface area (Å²) in [4.78, 5) is 26.2. The summed E-state index contributed by atoms with van der Waals surface area (Å²) in [6, 6.07) is 22.5. The SMILES string of the molecule is Cc1ccc(NC(=O)c2nn(CC(C)C)c(=O)c3ccccc23)c(OCc2ccccc2)c1. The predicted octanol–water partition coefficient (Wildman–Crippen LogP) is 5.19. The first-order chi connectivity index (χ1) is 15.9. The topological polar surface area (TPSA) is 73.2 Å². The van der Waals surface area contributed by atoms with Gasteiger partial charge in [-0.2, -0.15) is 5.10 Å². The fraction of sp³-hybridized carbons (Fsp3) is 0.222. The third-order valence-corrected chi connectivity index (χ3v) is 5.24. The van der Waals surface area contributed by atoms with Crippen molar-refractivity contribution in [3.05, 3.63) is 100.0 Å². The van der Waals surface area contributed by atoms with Gasteiger partial charge in [0, 0.05) is 11.9 Å². The summed E-state index contributed by atoms with van der Waals surface area (Å²) in [7, 11) is 0. The molecule has 1 aromatic heterocycles. The molecule has 0 aliphatic rings. The molecule has 1 amide bonds. The lowest BCUT2D eigenvalue weighted by molar-refractivity contribution is 0.102. The van der Waals surface area contributed by atoms with Crippen LogP contribution in [-0.2, 0) is 13.2 Å². The molecule has 1 heterocycles. The van der Waals surface area contributed by atoms with Crippen LogP contribution in [0.3, 0.4) is 0 Å². The summed E-state index contributed by atoms with van der Waals surface area (Å²) in [5.74, 6) is 0.395. The van der Waals surface area contributed by atoms with Crippen molar-refractivity contribution in [1.29, 1.82) is 0 Å². The molecule has 4 aromatic rings. The number of carbonyl (C=O) groups is 1. The van der Waals surface area contributed by atoms with E-state index in [4.69, 9.17) is 4.74 Å². The third kappa shape index (κ3) is 5.12. The van der Waals surface area contributed by atoms with Crippen molar-refractivity contribution in [3.63, 3.8) is 0 Å². The number of aryl methyl sites for hydroxylation is 1. The van der Waals surface area contributed by atoms with E-state index in [1.54, 1.807) is 24.3 Å². The molecule has 4 rings (SSSR count). The van der Waals surface area contributed by atoms with Gasteiger partial charge in [-0.25, -0.2) is 4.68 Å². The molecule has 0 aliphatic carbocycles. The quantitative estimate of drug-likeness (QED) is 0.428. The molecule has 0 unspecified atom stereocenters. The molecule has 0 saturated carbocycles. The fourth-order valence-electron chi connectivity index (χ4n) is 3.64. The van der Waals surface area contributed by atoms with Gasteiger partial charge >= 0.3 is 0 Å². The van der Waals surface area contributed by atoms with Crippen molar-refractivity contribution in [1.82, 2.24) is 9.78 Å². The number of nitrogens with one attached hydrogen (secondary N) is 1. The van der Waals surface area contributed by atoms with Gasteiger partial charge < -0.3 is 10.1 Å². The Balaban J connectivity index is 1.67. The van der Waals surface area contributed by atoms with E-state index in [9.17, 15) is 9.59 Å². The summed E-state index contributed by atoms with van der Waals surface area (Å²) < 4.78 is 7.41. The Kier molecular flexibility index (Phi) is 6.54. The van der Waals surface area contributed by atoms with Crippen molar-refractivity contribution in [2.45, 2.75) is 33.9 Å². The number of amides is 1. The Hall–Kier alpha value is -3.93. The molecular weight excluding hydrogens is 414 g/mol. The van der Waals surface area contributed by atoms with E-state index in [1.165, 1.54) is 4.68 Å². The van der Waals surface area contributed by atoms with E-state index in [1.807, 2.05) is 69.3 Å². The highest BCUT2D eigenvalue weighted by atomic mass is 16.5. The minimum Gasteiger partial charge on any atom is -0.487 e. The van der Waals surface area contributed by atoms with E-state index in [-0.39, 0.29) is 17.2 Å². The molecule has 0 spiro atoms. The second kappa shape index (κ2) is 9.69. The van der Waals surface area contributed by atoms with E-state index < -0.39 is 5.91 Å². The van der Waals surface area contributed by atoms with Crippen LogP contribution in [0.25, 0.3) is 10.8 Å². The molecule has 168 valence electrons. The summed E-state index contributed by atoms with van der Waals surface area (Å²) in [5, 5.41) is 8.37. The number of benzene rings is 3. The minimum atomic E-state index is -0.392. The van der Waals surface area contributed by atoms with Gasteiger partial charge in [0.25, 0.3) is 11.5 Å². The van der Waals surface area contributed by atoms with Gasteiger partial charge in [-0.1, -0.05) is 68.4 Å². The van der Waals surface area contributed by atoms with Gasteiger partial charge in [-0.05, 0) is 42.2 Å². The Bertz CT molecular complexity index is 1340. The van der Waals surface area contributed by atoms with Crippen LogP contribution in [0, 0.1) is 12.8 Å². The predicted molar refractivity (Wildman–Crippen MR) is 131 cm³/mol. The first kappa shape index (κ1) is 22.3. The molecule has 6 heteroatoms. The maximum Gasteiger partial charge on any atom is 0.276 e. The lowest BCUT2D eigenvalue weighted by Gasteiger charge is -2.15. The first-order valence-electron chi connectivity index (χ1n) is 11.0. The van der Waals surface area contributed by atoms with Gasteiger partial charge in [0.1, 0.15) is 12.4 Å². The molecule has 0 bridgehead atoms. The van der Waals surface area contributed by atoms with Crippen LogP contribution in [0.4, 0.5) is 5.69 Å². The average molecular weight is 442 g/mol. The number of ether oxygens (including phenoxy) is 1. The maximum absolute atomic E-state index is 13.3. The van der Waals surface area contributed by atoms with Crippen molar-refractivity contribution < 1.29 is 9.53 Å². The lowest BCUT2D eigenvalue weighted by atomic mass is 10.1. The van der Waals surface area contributed by atoms with Gasteiger partial charge in [0.2, 0.25) is 0 Å². The van der Waals surface area contributed by atoms with Crippen LogP contribution in [0.15, 0.2) is 77.6 Å². The van der Waals surface area contributed by atoms with Crippen LogP contribution < -0.4 is 15.6 Å². The molecule has 0 radical (unpaired) electrons. The molecule has 0 atom stereocenters. The molecule has 0 saturated heterocycles. The Morgan fingerprint density at radius 2 is 1.70 bits per heavy atom. The van der Waals surface area contributed by atoms with Crippen LogP contribution in [0.2, 0.25) is 0 Å². The highest BCUT2D eigenvalue weighted by Gasteiger charge is 2.19. The highest BCUT2D eigenvalue weighted by Crippen LogP contribution is 2.28. The summed E-state index contributed by atoms with van der Waals surface area (Å²) in [6.07, 6.45) is 0. The summed E-state index contributed by atoms with van der Waals surface area (Å²) >= 11 is 0. The fourth-order valence-corrected chi connectivity index (χ4v) is 3.64. The number of anilines is 1. The second-order valence-electron chi connectivity index (χ2n) is 8.50. The van der Waals surface area contributed by atoms with Gasteiger partial charge in [0.05, 0.1) is 11.1 Å². The zero-order valence-corrected chi connectivity index (χ0v) is 19.0. The van der Waals surface area contributed by atoms with E-state index >= 15 is 0 Å². The van der Waals surface area contributed by atoms with Gasteiger partial charge in [-0.3, -0.25) is 9.59 Å². The summed E-state index contributed by atoms with van der Waals surface area (Å²) in [6.45, 7) is 6.79. The molecule has 33 heavy (non-hydrogen) atoms. The Morgan fingerprint density at radius 3 is 2.42 bits per heavy atom. The van der Waals surface area contributed by atoms with Crippen LogP contribution in [0.5, 0.6) is 5.75 Å². The zero-order valence-electron chi connectivity index (χ0n) is 19.0. The largest absolute Gasteiger partial charge is 0.487 e. The highest BCUT2D eigenvalue weighted by molar-refractivity contribution is 6.11. The molecule has 1 N–H and O–H groups in total. The lowest BCUT2D eigenvalue weighted by Crippen LogP contribution is -2.29. The number of fused-ring (bicyclic) bond motifs is 1. The molecular formula is C27H27N3O3. The van der Waals surface area contributed by atoms with Crippen LogP contribution in [0.1, 0.15) is 35.5 Å². The van der Waals surface area contributed by atoms with Crippen molar-refractivity contribution >= 4 is 22.4 Å². The monoisotopic (exact) mass is 441 g/mol. The number of carbonyl (C=O) groups excluding carboxylic acids is 1. The number of rotatable bonds is 7. The smallest absolute Gasteiger partial charge is 0.276 e. The van der Waals surface area contributed by atoms with Gasteiger partial charge in [0.15, 0.2) is 5.69 Å².